The molecule has 2 rings (SSSR count). The number of ether oxygens (including phenoxy) is 2. The van der Waals surface area contributed by atoms with Gasteiger partial charge in [-0.05, 0) is 25.1 Å². The first-order chi connectivity index (χ1) is 7.65. The molecule has 0 fully saturated rings. The second-order valence-corrected chi connectivity index (χ2v) is 3.94. The van der Waals surface area contributed by atoms with E-state index in [0.717, 1.165) is 0 Å². The number of benzene rings is 1. The topological polar surface area (TPSA) is 61.6 Å². The zero-order valence-corrected chi connectivity index (χ0v) is 9.63. The van der Waals surface area contributed by atoms with Crippen LogP contribution in [0, 0.1) is 6.92 Å². The first-order valence-corrected chi connectivity index (χ1v) is 5.35. The van der Waals surface area contributed by atoms with Crippen LogP contribution in [-0.2, 0) is 0 Å². The van der Waals surface area contributed by atoms with Crippen LogP contribution in [0.1, 0.15) is 22.3 Å². The molecule has 0 spiro atoms. The van der Waals surface area contributed by atoms with Crippen molar-refractivity contribution < 1.29 is 14.3 Å². The molecule has 5 heteroatoms. The Hall–Kier alpha value is -1.26. The van der Waals surface area contributed by atoms with Crippen LogP contribution in [-0.4, -0.2) is 19.1 Å². The van der Waals surface area contributed by atoms with Crippen molar-refractivity contribution in [1.29, 1.82) is 0 Å². The maximum atomic E-state index is 11.8. The molecule has 4 nitrogen and oxygen atoms in total. The van der Waals surface area contributed by atoms with Crippen LogP contribution in [0.25, 0.3) is 0 Å². The summed E-state index contributed by atoms with van der Waals surface area (Å²) in [5.74, 6) is 1.01. The molecule has 0 aliphatic carbocycles. The fourth-order valence-electron chi connectivity index (χ4n) is 1.65. The van der Waals surface area contributed by atoms with Gasteiger partial charge in [0, 0.05) is 12.0 Å². The lowest BCUT2D eigenvalue weighted by Crippen LogP contribution is -2.09. The molecule has 1 aromatic rings. The average molecular weight is 242 g/mol. The fraction of sp³-hybridized carbons (Fsp3) is 0.364. The van der Waals surface area contributed by atoms with Crippen molar-refractivity contribution in [3.63, 3.8) is 0 Å². The van der Waals surface area contributed by atoms with E-state index >= 15 is 0 Å². The number of hydrogen-bond donors (Lipinski definition) is 1. The largest absolute Gasteiger partial charge is 0.454 e. The van der Waals surface area contributed by atoms with E-state index < -0.39 is 0 Å². The van der Waals surface area contributed by atoms with E-state index in [1.165, 1.54) is 0 Å². The summed E-state index contributed by atoms with van der Waals surface area (Å²) in [7, 11) is 0. The van der Waals surface area contributed by atoms with Crippen molar-refractivity contribution in [2.45, 2.75) is 13.3 Å². The van der Waals surface area contributed by atoms with Crippen molar-refractivity contribution in [3.05, 3.63) is 22.2 Å². The Kier molecular flexibility index (Phi) is 3.03. The van der Waals surface area contributed by atoms with Gasteiger partial charge in [0.1, 0.15) is 0 Å². The molecule has 0 amide bonds. The maximum Gasteiger partial charge on any atom is 0.231 e. The molecule has 1 aliphatic heterocycles. The van der Waals surface area contributed by atoms with Crippen LogP contribution < -0.4 is 15.2 Å². The van der Waals surface area contributed by atoms with Crippen LogP contribution in [0.4, 0.5) is 0 Å². The number of Topliss-reactive ketones (excluding diaryl/α,β-unsaturated/α-hetero) is 1. The van der Waals surface area contributed by atoms with Crippen LogP contribution in [0.3, 0.4) is 0 Å². The number of rotatable bonds is 3. The van der Waals surface area contributed by atoms with Crippen LogP contribution in [0.2, 0.25) is 5.02 Å². The second kappa shape index (κ2) is 4.31. The normalized spacial score (nSPS) is 12.9. The SMILES string of the molecule is Cc1c(C(=O)CCN)cc2c(c1Cl)OCO2. The molecule has 2 N–H and O–H groups in total. The van der Waals surface area contributed by atoms with Crippen LogP contribution in [0.5, 0.6) is 11.5 Å². The van der Waals surface area contributed by atoms with Crippen LogP contribution in [0.15, 0.2) is 6.07 Å². The number of carbonyl (C=O) groups excluding carboxylic acids is 1. The quantitative estimate of drug-likeness (QED) is 0.822. The van der Waals surface area contributed by atoms with E-state index in [1.807, 2.05) is 0 Å². The van der Waals surface area contributed by atoms with Gasteiger partial charge in [0.05, 0.1) is 5.02 Å². The van der Waals surface area contributed by atoms with Crippen molar-refractivity contribution in [2.75, 3.05) is 13.3 Å². The van der Waals surface area contributed by atoms with E-state index in [4.69, 9.17) is 26.8 Å². The summed E-state index contributed by atoms with van der Waals surface area (Å²) in [5, 5.41) is 0.440. The molecule has 0 saturated carbocycles. The Bertz CT molecular complexity index is 445. The highest BCUT2D eigenvalue weighted by Crippen LogP contribution is 2.42. The molecule has 1 aromatic carbocycles. The van der Waals surface area contributed by atoms with Crippen molar-refractivity contribution in [3.8, 4) is 11.5 Å². The number of ketones is 1. The first-order valence-electron chi connectivity index (χ1n) is 4.97. The summed E-state index contributed by atoms with van der Waals surface area (Å²) >= 11 is 6.10. The Morgan fingerprint density at radius 3 is 3.00 bits per heavy atom. The molecule has 0 bridgehead atoms. The van der Waals surface area contributed by atoms with Crippen molar-refractivity contribution in [2.24, 2.45) is 5.73 Å². The summed E-state index contributed by atoms with van der Waals surface area (Å²) in [6.45, 7) is 2.25. The highest BCUT2D eigenvalue weighted by Gasteiger charge is 2.23. The smallest absolute Gasteiger partial charge is 0.231 e. The molecular weight excluding hydrogens is 230 g/mol. The highest BCUT2D eigenvalue weighted by atomic mass is 35.5. The summed E-state index contributed by atoms with van der Waals surface area (Å²) in [6.07, 6.45) is 0.302. The summed E-state index contributed by atoms with van der Waals surface area (Å²) in [5.41, 5.74) is 6.63. The van der Waals surface area contributed by atoms with E-state index in [1.54, 1.807) is 13.0 Å². The van der Waals surface area contributed by atoms with E-state index in [0.29, 0.717) is 40.6 Å². The molecule has 0 radical (unpaired) electrons. The third-order valence-electron chi connectivity index (χ3n) is 2.52. The number of nitrogens with two attached hydrogens (primary N) is 1. The molecule has 0 atom stereocenters. The van der Waals surface area contributed by atoms with Gasteiger partial charge in [-0.15, -0.1) is 0 Å². The van der Waals surface area contributed by atoms with Gasteiger partial charge in [0.25, 0.3) is 0 Å². The summed E-state index contributed by atoms with van der Waals surface area (Å²) in [6, 6.07) is 1.67. The lowest BCUT2D eigenvalue weighted by atomic mass is 10.0. The Morgan fingerprint density at radius 2 is 2.31 bits per heavy atom. The minimum atomic E-state index is -0.0276. The number of fused-ring (bicyclic) bond motifs is 1. The Morgan fingerprint density at radius 1 is 1.56 bits per heavy atom. The number of carbonyl (C=O) groups is 1. The van der Waals surface area contributed by atoms with Crippen molar-refractivity contribution in [1.82, 2.24) is 0 Å². The number of hydrogen-bond acceptors (Lipinski definition) is 4. The standard InChI is InChI=1S/C11H12ClNO3/c1-6-7(8(14)2-3-13)4-9-11(10(6)12)16-5-15-9/h4H,2-3,5,13H2,1H3. The van der Waals surface area contributed by atoms with Gasteiger partial charge in [-0.2, -0.15) is 0 Å². The Balaban J connectivity index is 2.47. The van der Waals surface area contributed by atoms with Gasteiger partial charge in [0.2, 0.25) is 6.79 Å². The zero-order chi connectivity index (χ0) is 11.7. The molecule has 16 heavy (non-hydrogen) atoms. The fourth-order valence-corrected chi connectivity index (χ4v) is 1.90. The summed E-state index contributed by atoms with van der Waals surface area (Å²) in [4.78, 5) is 11.8. The Labute approximate surface area is 98.3 Å². The third-order valence-corrected chi connectivity index (χ3v) is 2.98. The average Bonchev–Trinajstić information content (AvgIpc) is 2.71. The first kappa shape index (κ1) is 11.2. The molecule has 1 aliphatic rings. The molecular formula is C11H12ClNO3. The van der Waals surface area contributed by atoms with Gasteiger partial charge < -0.3 is 15.2 Å². The zero-order valence-electron chi connectivity index (χ0n) is 8.88. The van der Waals surface area contributed by atoms with E-state index in [2.05, 4.69) is 0 Å². The van der Waals surface area contributed by atoms with Crippen molar-refractivity contribution >= 4 is 17.4 Å². The molecule has 0 saturated heterocycles. The third kappa shape index (κ3) is 1.74. The van der Waals surface area contributed by atoms with Gasteiger partial charge in [0.15, 0.2) is 17.3 Å². The second-order valence-electron chi connectivity index (χ2n) is 3.56. The van der Waals surface area contributed by atoms with E-state index in [9.17, 15) is 4.79 Å². The molecule has 86 valence electrons. The minimum absolute atomic E-state index is 0.0276. The summed E-state index contributed by atoms with van der Waals surface area (Å²) < 4.78 is 10.4. The molecule has 0 aromatic heterocycles. The lowest BCUT2D eigenvalue weighted by Gasteiger charge is -2.08. The minimum Gasteiger partial charge on any atom is -0.454 e. The predicted molar refractivity (Wildman–Crippen MR) is 60.3 cm³/mol. The van der Waals surface area contributed by atoms with Gasteiger partial charge in [-0.1, -0.05) is 11.6 Å². The molecule has 1 heterocycles. The van der Waals surface area contributed by atoms with Crippen LogP contribution >= 0.6 is 11.6 Å². The molecule has 0 unspecified atom stereocenters. The van der Waals surface area contributed by atoms with Gasteiger partial charge in [-0.25, -0.2) is 0 Å². The van der Waals surface area contributed by atoms with Gasteiger partial charge >= 0.3 is 0 Å². The van der Waals surface area contributed by atoms with Gasteiger partial charge in [-0.3, -0.25) is 4.79 Å². The monoisotopic (exact) mass is 241 g/mol. The number of halogens is 1. The maximum absolute atomic E-state index is 11.8. The highest BCUT2D eigenvalue weighted by molar-refractivity contribution is 6.33. The predicted octanol–water partition coefficient (Wildman–Crippen LogP) is 1.91. The lowest BCUT2D eigenvalue weighted by molar-refractivity contribution is 0.0984. The van der Waals surface area contributed by atoms with E-state index in [-0.39, 0.29) is 12.6 Å².